The number of methoxy groups -OCH3 is 1. The average molecular weight is 397 g/mol. The molecule has 0 spiro atoms. The number of thiophene rings is 1. The molecule has 3 aromatic rings. The molecule has 0 atom stereocenters. The number of ether oxygens (including phenoxy) is 1. The fraction of sp³-hybridized carbons (Fsp3) is 0.381. The van der Waals surface area contributed by atoms with Crippen LogP contribution in [0.15, 0.2) is 41.8 Å². The van der Waals surface area contributed by atoms with Crippen molar-refractivity contribution in [3.8, 4) is 10.7 Å². The van der Waals surface area contributed by atoms with E-state index < -0.39 is 0 Å². The van der Waals surface area contributed by atoms with Gasteiger partial charge >= 0.3 is 0 Å². The van der Waals surface area contributed by atoms with Gasteiger partial charge in [0.1, 0.15) is 5.82 Å². The van der Waals surface area contributed by atoms with Gasteiger partial charge in [-0.2, -0.15) is 0 Å². The highest BCUT2D eigenvalue weighted by Crippen LogP contribution is 2.36. The first kappa shape index (κ1) is 18.8. The van der Waals surface area contributed by atoms with Crippen LogP contribution < -0.4 is 10.2 Å². The molecule has 0 saturated heterocycles. The number of para-hydroxylation sites is 1. The van der Waals surface area contributed by atoms with Crippen LogP contribution >= 0.6 is 11.3 Å². The highest BCUT2D eigenvalue weighted by atomic mass is 32.1. The van der Waals surface area contributed by atoms with Gasteiger partial charge in [0, 0.05) is 38.0 Å². The highest BCUT2D eigenvalue weighted by molar-refractivity contribution is 7.13. The second kappa shape index (κ2) is 8.67. The summed E-state index contributed by atoms with van der Waals surface area (Å²) in [6.45, 7) is 1.71. The molecule has 1 N–H and O–H groups in total. The minimum absolute atomic E-state index is 0.0412. The molecule has 146 valence electrons. The largest absolute Gasteiger partial charge is 0.383 e. The maximum absolute atomic E-state index is 12.2. The molecule has 6 nitrogen and oxygen atoms in total. The third kappa shape index (κ3) is 4.31. The summed E-state index contributed by atoms with van der Waals surface area (Å²) in [6, 6.07) is 12.6. The molecule has 0 unspecified atom stereocenters. The number of nitrogens with zero attached hydrogens (tertiary/aromatic N) is 3. The van der Waals surface area contributed by atoms with Gasteiger partial charge in [-0.05, 0) is 36.4 Å². The standard InChI is InChI=1S/C21H24N4O2S/c1-27-13-11-22-19(26)10-12-25(15-8-9-15)21-16-5-2-3-6-17(16)23-20(24-21)18-7-4-14-28-18/h2-7,14-15H,8-13H2,1H3,(H,22,26). The number of benzene rings is 1. The van der Waals surface area contributed by atoms with Crippen LogP contribution in [0.4, 0.5) is 5.82 Å². The second-order valence-electron chi connectivity index (χ2n) is 6.88. The van der Waals surface area contributed by atoms with Crippen molar-refractivity contribution in [2.24, 2.45) is 0 Å². The molecular weight excluding hydrogens is 372 g/mol. The fourth-order valence-corrected chi connectivity index (χ4v) is 3.90. The summed E-state index contributed by atoms with van der Waals surface area (Å²) in [5.74, 6) is 1.72. The number of carbonyl (C=O) groups is 1. The predicted molar refractivity (Wildman–Crippen MR) is 113 cm³/mol. The number of anilines is 1. The molecule has 7 heteroatoms. The van der Waals surface area contributed by atoms with E-state index in [2.05, 4.69) is 16.3 Å². The van der Waals surface area contributed by atoms with Gasteiger partial charge in [-0.1, -0.05) is 18.2 Å². The Morgan fingerprint density at radius 3 is 2.86 bits per heavy atom. The molecule has 1 amide bonds. The molecule has 2 aromatic heterocycles. The summed E-state index contributed by atoms with van der Waals surface area (Å²) in [5.41, 5.74) is 0.936. The molecule has 2 heterocycles. The lowest BCUT2D eigenvalue weighted by molar-refractivity contribution is -0.121. The molecule has 1 aliphatic carbocycles. The number of carbonyl (C=O) groups excluding carboxylic acids is 1. The average Bonchev–Trinajstić information content (AvgIpc) is 3.40. The third-order valence-electron chi connectivity index (χ3n) is 4.79. The van der Waals surface area contributed by atoms with Crippen molar-refractivity contribution in [2.45, 2.75) is 25.3 Å². The van der Waals surface area contributed by atoms with E-state index in [0.29, 0.717) is 32.2 Å². The molecular formula is C21H24N4O2S. The van der Waals surface area contributed by atoms with Crippen LogP contribution in [0.1, 0.15) is 19.3 Å². The molecule has 0 radical (unpaired) electrons. The Morgan fingerprint density at radius 1 is 1.25 bits per heavy atom. The van der Waals surface area contributed by atoms with E-state index in [0.717, 1.165) is 40.3 Å². The summed E-state index contributed by atoms with van der Waals surface area (Å²) < 4.78 is 4.99. The van der Waals surface area contributed by atoms with E-state index in [1.54, 1.807) is 18.4 Å². The first-order valence-electron chi connectivity index (χ1n) is 9.59. The zero-order valence-corrected chi connectivity index (χ0v) is 16.7. The van der Waals surface area contributed by atoms with E-state index in [9.17, 15) is 4.79 Å². The number of hydrogen-bond acceptors (Lipinski definition) is 6. The van der Waals surface area contributed by atoms with E-state index in [4.69, 9.17) is 14.7 Å². The van der Waals surface area contributed by atoms with Gasteiger partial charge in [-0.3, -0.25) is 4.79 Å². The minimum Gasteiger partial charge on any atom is -0.383 e. The van der Waals surface area contributed by atoms with Crippen molar-refractivity contribution in [3.63, 3.8) is 0 Å². The predicted octanol–water partition coefficient (Wildman–Crippen LogP) is 3.48. The molecule has 1 fully saturated rings. The van der Waals surface area contributed by atoms with Gasteiger partial charge in [0.25, 0.3) is 0 Å². The van der Waals surface area contributed by atoms with Crippen LogP contribution in [0.2, 0.25) is 0 Å². The van der Waals surface area contributed by atoms with Crippen molar-refractivity contribution in [1.82, 2.24) is 15.3 Å². The second-order valence-corrected chi connectivity index (χ2v) is 7.83. The van der Waals surface area contributed by atoms with Crippen molar-refractivity contribution >= 4 is 34.0 Å². The third-order valence-corrected chi connectivity index (χ3v) is 5.66. The number of rotatable bonds is 9. The monoisotopic (exact) mass is 396 g/mol. The molecule has 0 aliphatic heterocycles. The first-order chi connectivity index (χ1) is 13.8. The number of fused-ring (bicyclic) bond motifs is 1. The fourth-order valence-electron chi connectivity index (χ4n) is 3.25. The Kier molecular flexibility index (Phi) is 5.83. The molecule has 0 bridgehead atoms. The van der Waals surface area contributed by atoms with E-state index in [1.165, 1.54) is 0 Å². The van der Waals surface area contributed by atoms with E-state index in [1.807, 2.05) is 35.7 Å². The number of amides is 1. The minimum atomic E-state index is 0.0412. The number of nitrogens with one attached hydrogen (secondary N) is 1. The summed E-state index contributed by atoms with van der Waals surface area (Å²) >= 11 is 1.64. The Balaban J connectivity index is 1.62. The number of hydrogen-bond donors (Lipinski definition) is 1. The van der Waals surface area contributed by atoms with Crippen LogP contribution in [0, 0.1) is 0 Å². The SMILES string of the molecule is COCCNC(=O)CCN(c1nc(-c2cccs2)nc2ccccc12)C1CC1. The van der Waals surface area contributed by atoms with Crippen LogP contribution in [0.3, 0.4) is 0 Å². The normalized spacial score (nSPS) is 13.6. The Morgan fingerprint density at radius 2 is 2.11 bits per heavy atom. The Bertz CT molecular complexity index is 941. The van der Waals surface area contributed by atoms with Crippen molar-refractivity contribution < 1.29 is 9.53 Å². The van der Waals surface area contributed by atoms with E-state index in [-0.39, 0.29) is 5.91 Å². The summed E-state index contributed by atoms with van der Waals surface area (Å²) in [7, 11) is 1.63. The highest BCUT2D eigenvalue weighted by Gasteiger charge is 2.31. The van der Waals surface area contributed by atoms with Gasteiger partial charge in [-0.15, -0.1) is 11.3 Å². The molecule has 1 saturated carbocycles. The van der Waals surface area contributed by atoms with Crippen LogP contribution in [0.25, 0.3) is 21.6 Å². The maximum atomic E-state index is 12.2. The summed E-state index contributed by atoms with van der Waals surface area (Å²) in [6.07, 6.45) is 2.71. The smallest absolute Gasteiger partial charge is 0.221 e. The maximum Gasteiger partial charge on any atom is 0.221 e. The lowest BCUT2D eigenvalue weighted by atomic mass is 10.2. The van der Waals surface area contributed by atoms with E-state index >= 15 is 0 Å². The zero-order valence-electron chi connectivity index (χ0n) is 15.9. The van der Waals surface area contributed by atoms with Gasteiger partial charge in [0.2, 0.25) is 5.91 Å². The summed E-state index contributed by atoms with van der Waals surface area (Å²) in [5, 5.41) is 5.97. The zero-order chi connectivity index (χ0) is 19.3. The lowest BCUT2D eigenvalue weighted by Gasteiger charge is -2.25. The first-order valence-corrected chi connectivity index (χ1v) is 10.5. The van der Waals surface area contributed by atoms with Crippen LogP contribution in [0.5, 0.6) is 0 Å². The van der Waals surface area contributed by atoms with Crippen molar-refractivity contribution in [2.75, 3.05) is 31.7 Å². The molecule has 1 aromatic carbocycles. The van der Waals surface area contributed by atoms with Gasteiger partial charge < -0.3 is 15.0 Å². The van der Waals surface area contributed by atoms with Crippen molar-refractivity contribution in [1.29, 1.82) is 0 Å². The number of aromatic nitrogens is 2. The topological polar surface area (TPSA) is 67.3 Å². The Labute approximate surface area is 168 Å². The van der Waals surface area contributed by atoms with Gasteiger partial charge in [0.05, 0.1) is 17.0 Å². The lowest BCUT2D eigenvalue weighted by Crippen LogP contribution is -2.34. The summed E-state index contributed by atoms with van der Waals surface area (Å²) in [4.78, 5) is 25.2. The molecule has 1 aliphatic rings. The molecule has 4 rings (SSSR count). The van der Waals surface area contributed by atoms with Gasteiger partial charge in [-0.25, -0.2) is 9.97 Å². The quantitative estimate of drug-likeness (QED) is 0.561. The Hall–Kier alpha value is -2.51. The van der Waals surface area contributed by atoms with Gasteiger partial charge in [0.15, 0.2) is 5.82 Å². The van der Waals surface area contributed by atoms with Crippen LogP contribution in [-0.2, 0) is 9.53 Å². The molecule has 28 heavy (non-hydrogen) atoms. The van der Waals surface area contributed by atoms with Crippen molar-refractivity contribution in [3.05, 3.63) is 41.8 Å². The van der Waals surface area contributed by atoms with Crippen LogP contribution in [-0.4, -0.2) is 48.7 Å².